The van der Waals surface area contributed by atoms with Gasteiger partial charge in [0.15, 0.2) is 0 Å². The Bertz CT molecular complexity index is 722. The zero-order valence-electron chi connectivity index (χ0n) is 16.0. The topological polar surface area (TPSA) is 67.6 Å². The Hall–Kier alpha value is -2.53. The van der Waals surface area contributed by atoms with Crippen LogP contribution in [0.25, 0.3) is 0 Å². The largest absolute Gasteiger partial charge is 0.449 e. The molecule has 0 spiro atoms. The molecule has 0 atom stereocenters. The fourth-order valence-electron chi connectivity index (χ4n) is 3.59. The number of rotatable bonds is 6. The molecule has 0 saturated heterocycles. The first-order chi connectivity index (χ1) is 13.2. The van der Waals surface area contributed by atoms with Crippen molar-refractivity contribution in [2.45, 2.75) is 51.5 Å². The number of benzene rings is 2. The molecule has 0 heterocycles. The number of ether oxygens (including phenoxy) is 1. The van der Waals surface area contributed by atoms with E-state index in [-0.39, 0.29) is 0 Å². The lowest BCUT2D eigenvalue weighted by molar-refractivity contribution is 0.160. The molecule has 3 rings (SSSR count). The maximum absolute atomic E-state index is 11.6. The molecule has 2 aromatic carbocycles. The minimum Gasteiger partial charge on any atom is -0.449 e. The summed E-state index contributed by atoms with van der Waals surface area (Å²) < 4.78 is 4.90. The van der Waals surface area contributed by atoms with Gasteiger partial charge in [-0.1, -0.05) is 43.5 Å². The predicted molar refractivity (Wildman–Crippen MR) is 110 cm³/mol. The van der Waals surface area contributed by atoms with Crippen LogP contribution in [0.5, 0.6) is 0 Å². The molecule has 0 aromatic heterocycles. The van der Waals surface area contributed by atoms with Gasteiger partial charge in [0.25, 0.3) is 0 Å². The second-order valence-corrected chi connectivity index (χ2v) is 7.05. The molecule has 1 saturated carbocycles. The van der Waals surface area contributed by atoms with Crippen molar-refractivity contribution in [3.8, 4) is 0 Å². The third-order valence-electron chi connectivity index (χ3n) is 5.16. The summed E-state index contributed by atoms with van der Waals surface area (Å²) in [6.45, 7) is 2.77. The third-order valence-corrected chi connectivity index (χ3v) is 5.16. The fraction of sp³-hybridized carbons (Fsp3) is 0.409. The Morgan fingerprint density at radius 1 is 1.07 bits per heavy atom. The maximum Gasteiger partial charge on any atom is 0.428 e. The van der Waals surface area contributed by atoms with Gasteiger partial charge in [0.05, 0.1) is 12.3 Å². The Morgan fingerprint density at radius 2 is 1.74 bits per heavy atom. The van der Waals surface area contributed by atoms with Gasteiger partial charge in [0.1, 0.15) is 0 Å². The van der Waals surface area contributed by atoms with Crippen molar-refractivity contribution in [2.75, 3.05) is 16.9 Å². The Balaban J connectivity index is 1.53. The minimum absolute atomic E-state index is 0.300. The van der Waals surface area contributed by atoms with Crippen molar-refractivity contribution < 1.29 is 9.53 Å². The molecule has 5 nitrogen and oxygen atoms in total. The fourth-order valence-corrected chi connectivity index (χ4v) is 3.59. The lowest BCUT2D eigenvalue weighted by Crippen LogP contribution is -2.37. The van der Waals surface area contributed by atoms with Crippen LogP contribution in [0.2, 0.25) is 0 Å². The van der Waals surface area contributed by atoms with E-state index in [1.807, 2.05) is 24.3 Å². The van der Waals surface area contributed by atoms with Crippen LogP contribution in [0.1, 0.15) is 56.1 Å². The number of amides is 1. The maximum atomic E-state index is 11.6. The van der Waals surface area contributed by atoms with E-state index in [1.165, 1.54) is 37.7 Å². The highest BCUT2D eigenvalue weighted by atomic mass is 16.6. The highest BCUT2D eigenvalue weighted by Gasteiger charge is 2.15. The van der Waals surface area contributed by atoms with Crippen LogP contribution in [0.3, 0.4) is 0 Å². The lowest BCUT2D eigenvalue weighted by atomic mass is 9.84. The third kappa shape index (κ3) is 5.23. The predicted octanol–water partition coefficient (Wildman–Crippen LogP) is 5.18. The first kappa shape index (κ1) is 19.2. The number of nitrogens with zero attached hydrogens (tertiary/aromatic N) is 1. The second kappa shape index (κ2) is 9.42. The first-order valence-corrected chi connectivity index (χ1v) is 9.81. The van der Waals surface area contributed by atoms with E-state index < -0.39 is 6.09 Å². The Morgan fingerprint density at radius 3 is 2.37 bits per heavy atom. The molecule has 1 fully saturated rings. The first-order valence-electron chi connectivity index (χ1n) is 9.81. The van der Waals surface area contributed by atoms with Crippen LogP contribution in [0, 0.1) is 0 Å². The number of nitrogens with two attached hydrogens (primary N) is 1. The van der Waals surface area contributed by atoms with Gasteiger partial charge in [-0.3, -0.25) is 0 Å². The summed E-state index contributed by atoms with van der Waals surface area (Å²) in [5.74, 6) is 6.49. The quantitative estimate of drug-likeness (QED) is 0.419. The summed E-state index contributed by atoms with van der Waals surface area (Å²) in [7, 11) is 0. The molecule has 1 aliphatic rings. The van der Waals surface area contributed by atoms with Gasteiger partial charge in [-0.15, -0.1) is 0 Å². The molecule has 1 amide bonds. The second-order valence-electron chi connectivity index (χ2n) is 7.05. The smallest absolute Gasteiger partial charge is 0.428 e. The van der Waals surface area contributed by atoms with Gasteiger partial charge in [-0.2, -0.15) is 0 Å². The summed E-state index contributed by atoms with van der Waals surface area (Å²) in [5.41, 5.74) is 4.30. The molecule has 27 heavy (non-hydrogen) atoms. The SMILES string of the molecule is CCOC(=O)N(N)c1ccc(CNc2ccc(C3CCCCC3)cc2)cc1. The molecule has 2 aromatic rings. The standard InChI is InChI=1S/C22H29N3O2/c1-2-27-22(26)25(23)21-14-8-17(9-15-21)16-24-20-12-10-19(11-13-20)18-6-4-3-5-7-18/h8-15,18,24H,2-7,16,23H2,1H3. The Kier molecular flexibility index (Phi) is 6.71. The van der Waals surface area contributed by atoms with E-state index in [2.05, 4.69) is 29.6 Å². The molecule has 3 N–H and O–H groups in total. The van der Waals surface area contributed by atoms with Gasteiger partial charge < -0.3 is 10.1 Å². The summed E-state index contributed by atoms with van der Waals surface area (Å²) in [4.78, 5) is 11.6. The van der Waals surface area contributed by atoms with E-state index in [0.29, 0.717) is 18.8 Å². The van der Waals surface area contributed by atoms with Crippen LogP contribution < -0.4 is 16.2 Å². The monoisotopic (exact) mass is 367 g/mol. The molecule has 144 valence electrons. The average Bonchev–Trinajstić information content (AvgIpc) is 2.73. The van der Waals surface area contributed by atoms with Crippen LogP contribution in [0.4, 0.5) is 16.2 Å². The van der Waals surface area contributed by atoms with E-state index in [4.69, 9.17) is 10.6 Å². The van der Waals surface area contributed by atoms with Crippen LogP contribution >= 0.6 is 0 Å². The van der Waals surface area contributed by atoms with Crippen molar-refractivity contribution in [1.82, 2.24) is 0 Å². The molecule has 0 radical (unpaired) electrons. The Labute approximate surface area is 161 Å². The van der Waals surface area contributed by atoms with Crippen LogP contribution in [0.15, 0.2) is 48.5 Å². The van der Waals surface area contributed by atoms with Crippen molar-refractivity contribution in [3.63, 3.8) is 0 Å². The number of carbonyl (C=O) groups is 1. The van der Waals surface area contributed by atoms with Crippen molar-refractivity contribution in [1.29, 1.82) is 0 Å². The summed E-state index contributed by atoms with van der Waals surface area (Å²) >= 11 is 0. The molecule has 0 unspecified atom stereocenters. The van der Waals surface area contributed by atoms with Gasteiger partial charge in [-0.25, -0.2) is 15.6 Å². The summed E-state index contributed by atoms with van der Waals surface area (Å²) in [5, 5.41) is 4.46. The van der Waals surface area contributed by atoms with Crippen molar-refractivity contribution in [3.05, 3.63) is 59.7 Å². The lowest BCUT2D eigenvalue weighted by Gasteiger charge is -2.22. The van der Waals surface area contributed by atoms with Gasteiger partial charge in [0.2, 0.25) is 0 Å². The van der Waals surface area contributed by atoms with Gasteiger partial charge in [0, 0.05) is 12.2 Å². The zero-order valence-corrected chi connectivity index (χ0v) is 16.0. The zero-order chi connectivity index (χ0) is 19.1. The minimum atomic E-state index is -0.554. The number of hydrazine groups is 1. The van der Waals surface area contributed by atoms with Crippen LogP contribution in [-0.2, 0) is 11.3 Å². The molecule has 0 aliphatic heterocycles. The number of nitrogens with one attached hydrogen (secondary N) is 1. The number of hydrogen-bond acceptors (Lipinski definition) is 4. The number of anilines is 2. The van der Waals surface area contributed by atoms with Crippen LogP contribution in [-0.4, -0.2) is 12.7 Å². The molecule has 5 heteroatoms. The van der Waals surface area contributed by atoms with E-state index >= 15 is 0 Å². The van der Waals surface area contributed by atoms with Gasteiger partial charge in [-0.05, 0) is 61.1 Å². The van der Waals surface area contributed by atoms with Crippen molar-refractivity contribution in [2.24, 2.45) is 5.84 Å². The van der Waals surface area contributed by atoms with E-state index in [9.17, 15) is 4.79 Å². The molecule has 0 bridgehead atoms. The summed E-state index contributed by atoms with van der Waals surface area (Å²) in [6.07, 6.45) is 6.19. The highest BCUT2D eigenvalue weighted by Crippen LogP contribution is 2.33. The highest BCUT2D eigenvalue weighted by molar-refractivity contribution is 5.86. The van der Waals surface area contributed by atoms with E-state index in [1.54, 1.807) is 6.92 Å². The molecule has 1 aliphatic carbocycles. The summed E-state index contributed by atoms with van der Waals surface area (Å²) in [6, 6.07) is 16.4. The normalized spacial score (nSPS) is 14.6. The van der Waals surface area contributed by atoms with Gasteiger partial charge >= 0.3 is 6.09 Å². The number of hydrogen-bond donors (Lipinski definition) is 2. The number of carbonyl (C=O) groups excluding carboxylic acids is 1. The van der Waals surface area contributed by atoms with E-state index in [0.717, 1.165) is 22.2 Å². The molecular weight excluding hydrogens is 338 g/mol. The average molecular weight is 367 g/mol. The van der Waals surface area contributed by atoms with Crippen molar-refractivity contribution >= 4 is 17.5 Å². The molecular formula is C22H29N3O2.